The van der Waals surface area contributed by atoms with Crippen LogP contribution in [0.15, 0.2) is 18.2 Å². The zero-order valence-electron chi connectivity index (χ0n) is 12.1. The van der Waals surface area contributed by atoms with Crippen LogP contribution in [-0.4, -0.2) is 24.4 Å². The number of hydrogen-bond acceptors (Lipinski definition) is 2. The van der Waals surface area contributed by atoms with Gasteiger partial charge in [0.15, 0.2) is 0 Å². The second kappa shape index (κ2) is 7.11. The number of carbonyl (C=O) groups excluding carboxylic acids is 1. The lowest BCUT2D eigenvalue weighted by Gasteiger charge is -2.25. The second-order valence-electron chi connectivity index (χ2n) is 5.51. The van der Waals surface area contributed by atoms with Crippen molar-refractivity contribution >= 4 is 21.8 Å². The minimum Gasteiger partial charge on any atom is -0.496 e. The van der Waals surface area contributed by atoms with Gasteiger partial charge in [0.25, 0.3) is 5.91 Å². The van der Waals surface area contributed by atoms with Crippen LogP contribution in [0.5, 0.6) is 5.75 Å². The number of benzene rings is 1. The van der Waals surface area contributed by atoms with Crippen LogP contribution in [0.3, 0.4) is 0 Å². The number of nitrogens with one attached hydrogen (secondary N) is 1. The lowest BCUT2D eigenvalue weighted by Crippen LogP contribution is -2.31. The molecule has 1 fully saturated rings. The first-order valence-corrected chi connectivity index (χ1v) is 8.08. The van der Waals surface area contributed by atoms with E-state index in [9.17, 15) is 4.79 Å². The third kappa shape index (κ3) is 3.98. The fourth-order valence-electron chi connectivity index (χ4n) is 2.63. The van der Waals surface area contributed by atoms with Crippen molar-refractivity contribution in [2.75, 3.05) is 13.7 Å². The smallest absolute Gasteiger partial charge is 0.251 e. The van der Waals surface area contributed by atoms with Crippen molar-refractivity contribution in [2.24, 2.45) is 5.92 Å². The van der Waals surface area contributed by atoms with Crippen LogP contribution < -0.4 is 10.1 Å². The third-order valence-corrected chi connectivity index (χ3v) is 4.91. The van der Waals surface area contributed by atoms with Gasteiger partial charge in [-0.25, -0.2) is 0 Å². The molecule has 0 spiro atoms. The van der Waals surface area contributed by atoms with Gasteiger partial charge in [0.2, 0.25) is 0 Å². The SMILES string of the molecule is COc1cc(C(=O)NCC2CCC(Br)CC2)ccc1C. The molecule has 0 saturated heterocycles. The molecule has 1 N–H and O–H groups in total. The molecular formula is C16H22BrNO2. The second-order valence-corrected chi connectivity index (χ2v) is 6.81. The van der Waals surface area contributed by atoms with Crippen LogP contribution in [0.2, 0.25) is 0 Å². The molecule has 1 aromatic rings. The zero-order chi connectivity index (χ0) is 14.5. The molecule has 1 saturated carbocycles. The number of carbonyl (C=O) groups is 1. The van der Waals surface area contributed by atoms with E-state index in [2.05, 4.69) is 21.2 Å². The molecule has 0 radical (unpaired) electrons. The van der Waals surface area contributed by atoms with Crippen molar-refractivity contribution < 1.29 is 9.53 Å². The van der Waals surface area contributed by atoms with Gasteiger partial charge in [0, 0.05) is 16.9 Å². The number of amides is 1. The van der Waals surface area contributed by atoms with Gasteiger partial charge in [-0.15, -0.1) is 0 Å². The van der Waals surface area contributed by atoms with E-state index in [-0.39, 0.29) is 5.91 Å². The number of alkyl halides is 1. The summed E-state index contributed by atoms with van der Waals surface area (Å²) < 4.78 is 5.26. The molecule has 1 aliphatic carbocycles. The van der Waals surface area contributed by atoms with Crippen molar-refractivity contribution in [3.63, 3.8) is 0 Å². The lowest BCUT2D eigenvalue weighted by atomic mass is 9.89. The van der Waals surface area contributed by atoms with E-state index in [1.54, 1.807) is 13.2 Å². The summed E-state index contributed by atoms with van der Waals surface area (Å²) in [6, 6.07) is 5.58. The van der Waals surface area contributed by atoms with Crippen LogP contribution >= 0.6 is 15.9 Å². The summed E-state index contributed by atoms with van der Waals surface area (Å²) in [5.74, 6) is 1.36. The Labute approximate surface area is 129 Å². The normalized spacial score (nSPS) is 22.4. The number of ether oxygens (including phenoxy) is 1. The van der Waals surface area contributed by atoms with Gasteiger partial charge in [-0.2, -0.15) is 0 Å². The molecule has 0 bridgehead atoms. The number of rotatable bonds is 4. The summed E-state index contributed by atoms with van der Waals surface area (Å²) in [6.45, 7) is 2.74. The minimum atomic E-state index is -0.00994. The monoisotopic (exact) mass is 339 g/mol. The molecule has 0 aliphatic heterocycles. The molecule has 2 rings (SSSR count). The summed E-state index contributed by atoms with van der Waals surface area (Å²) >= 11 is 3.65. The van der Waals surface area contributed by atoms with Crippen LogP contribution in [-0.2, 0) is 0 Å². The average molecular weight is 340 g/mol. The number of hydrogen-bond donors (Lipinski definition) is 1. The minimum absolute atomic E-state index is 0.00994. The first-order chi connectivity index (χ1) is 9.60. The standard InChI is InChI=1S/C16H22BrNO2/c1-11-3-6-13(9-15(11)20-2)16(19)18-10-12-4-7-14(17)8-5-12/h3,6,9,12,14H,4-5,7-8,10H2,1-2H3,(H,18,19). The Morgan fingerprint density at radius 3 is 2.70 bits per heavy atom. The van der Waals surface area contributed by atoms with Crippen molar-refractivity contribution in [3.05, 3.63) is 29.3 Å². The predicted octanol–water partition coefficient (Wildman–Crippen LogP) is 3.69. The van der Waals surface area contributed by atoms with Crippen LogP contribution in [0.4, 0.5) is 0 Å². The summed E-state index contributed by atoms with van der Waals surface area (Å²) in [7, 11) is 1.63. The van der Waals surface area contributed by atoms with Crippen LogP contribution in [0.1, 0.15) is 41.6 Å². The first kappa shape index (κ1) is 15.4. The molecule has 0 unspecified atom stereocenters. The maximum Gasteiger partial charge on any atom is 0.251 e. The number of methoxy groups -OCH3 is 1. The molecule has 20 heavy (non-hydrogen) atoms. The molecule has 0 aromatic heterocycles. The van der Waals surface area contributed by atoms with E-state index in [1.807, 2.05) is 19.1 Å². The highest BCUT2D eigenvalue weighted by atomic mass is 79.9. The molecule has 1 amide bonds. The van der Waals surface area contributed by atoms with E-state index >= 15 is 0 Å². The number of aryl methyl sites for hydroxylation is 1. The molecule has 0 heterocycles. The molecule has 0 atom stereocenters. The highest BCUT2D eigenvalue weighted by Crippen LogP contribution is 2.28. The van der Waals surface area contributed by atoms with E-state index < -0.39 is 0 Å². The van der Waals surface area contributed by atoms with Gasteiger partial charge in [-0.05, 0) is 56.2 Å². The van der Waals surface area contributed by atoms with E-state index in [1.165, 1.54) is 25.7 Å². The summed E-state index contributed by atoms with van der Waals surface area (Å²) in [5, 5.41) is 3.04. The largest absolute Gasteiger partial charge is 0.496 e. The Kier molecular flexibility index (Phi) is 5.46. The van der Waals surface area contributed by atoms with E-state index in [0.29, 0.717) is 16.3 Å². The Morgan fingerprint density at radius 1 is 1.35 bits per heavy atom. The maximum atomic E-state index is 12.2. The molecular weight excluding hydrogens is 318 g/mol. The first-order valence-electron chi connectivity index (χ1n) is 7.17. The van der Waals surface area contributed by atoms with Crippen molar-refractivity contribution in [2.45, 2.75) is 37.4 Å². The quantitative estimate of drug-likeness (QED) is 0.849. The van der Waals surface area contributed by atoms with Crippen molar-refractivity contribution in [3.8, 4) is 5.75 Å². The fourth-order valence-corrected chi connectivity index (χ4v) is 3.15. The predicted molar refractivity (Wildman–Crippen MR) is 84.7 cm³/mol. The Hall–Kier alpha value is -1.03. The lowest BCUT2D eigenvalue weighted by molar-refractivity contribution is 0.0943. The molecule has 4 heteroatoms. The van der Waals surface area contributed by atoms with Crippen LogP contribution in [0.25, 0.3) is 0 Å². The van der Waals surface area contributed by atoms with Crippen molar-refractivity contribution in [1.29, 1.82) is 0 Å². The molecule has 1 aliphatic rings. The highest BCUT2D eigenvalue weighted by molar-refractivity contribution is 9.09. The summed E-state index contributed by atoms with van der Waals surface area (Å²) in [6.07, 6.45) is 4.79. The Morgan fingerprint density at radius 2 is 2.05 bits per heavy atom. The number of halogens is 1. The molecule has 110 valence electrons. The Balaban J connectivity index is 1.88. The topological polar surface area (TPSA) is 38.3 Å². The van der Waals surface area contributed by atoms with Gasteiger partial charge in [0.1, 0.15) is 5.75 Å². The van der Waals surface area contributed by atoms with Gasteiger partial charge in [0.05, 0.1) is 7.11 Å². The van der Waals surface area contributed by atoms with Crippen molar-refractivity contribution in [1.82, 2.24) is 5.32 Å². The van der Waals surface area contributed by atoms with E-state index in [0.717, 1.165) is 17.9 Å². The van der Waals surface area contributed by atoms with Crippen LogP contribution in [0, 0.1) is 12.8 Å². The Bertz CT molecular complexity index is 468. The van der Waals surface area contributed by atoms with E-state index in [4.69, 9.17) is 4.74 Å². The summed E-state index contributed by atoms with van der Waals surface area (Å²) in [4.78, 5) is 12.8. The highest BCUT2D eigenvalue weighted by Gasteiger charge is 2.19. The van der Waals surface area contributed by atoms with Gasteiger partial charge in [-0.3, -0.25) is 4.79 Å². The summed E-state index contributed by atoms with van der Waals surface area (Å²) in [5.41, 5.74) is 1.71. The zero-order valence-corrected chi connectivity index (χ0v) is 13.7. The molecule has 3 nitrogen and oxygen atoms in total. The van der Waals surface area contributed by atoms with Gasteiger partial charge in [-0.1, -0.05) is 22.0 Å². The fraction of sp³-hybridized carbons (Fsp3) is 0.562. The maximum absolute atomic E-state index is 12.2. The average Bonchev–Trinajstić information content (AvgIpc) is 2.47. The van der Waals surface area contributed by atoms with Gasteiger partial charge < -0.3 is 10.1 Å². The molecule has 1 aromatic carbocycles. The van der Waals surface area contributed by atoms with Gasteiger partial charge >= 0.3 is 0 Å². The third-order valence-electron chi connectivity index (χ3n) is 4.00.